The monoisotopic (exact) mass is 357 g/mol. The lowest BCUT2D eigenvalue weighted by molar-refractivity contribution is -0.142. The summed E-state index contributed by atoms with van der Waals surface area (Å²) >= 11 is 3.29. The van der Waals surface area contributed by atoms with E-state index < -0.39 is 12.0 Å². The molecule has 0 saturated heterocycles. The molecule has 6 heteroatoms. The molecule has 1 aromatic rings. The number of benzene rings is 1. The third-order valence-corrected chi connectivity index (χ3v) is 3.28. The summed E-state index contributed by atoms with van der Waals surface area (Å²) in [6.07, 6.45) is 0.937. The maximum Gasteiger partial charge on any atom is 0.330 e. The van der Waals surface area contributed by atoms with Crippen molar-refractivity contribution in [1.82, 2.24) is 5.32 Å². The number of ether oxygens (including phenoxy) is 1. The lowest BCUT2D eigenvalue weighted by atomic mass is 10.1. The lowest BCUT2D eigenvalue weighted by Crippen LogP contribution is -2.33. The third kappa shape index (κ3) is 6.73. The van der Waals surface area contributed by atoms with E-state index in [0.29, 0.717) is 18.6 Å². The van der Waals surface area contributed by atoms with Gasteiger partial charge in [-0.2, -0.15) is 0 Å². The Balaban J connectivity index is 2.53. The first kappa shape index (κ1) is 17.7. The van der Waals surface area contributed by atoms with Gasteiger partial charge in [-0.15, -0.1) is 0 Å². The molecule has 0 heterocycles. The fourth-order valence-corrected chi connectivity index (χ4v) is 1.99. The van der Waals surface area contributed by atoms with E-state index in [1.807, 2.05) is 13.8 Å². The highest BCUT2D eigenvalue weighted by Gasteiger charge is 2.21. The van der Waals surface area contributed by atoms with Gasteiger partial charge in [-0.1, -0.05) is 28.1 Å². The first-order chi connectivity index (χ1) is 9.90. The second-order valence-corrected chi connectivity index (χ2v) is 5.83. The highest BCUT2D eigenvalue weighted by atomic mass is 79.9. The van der Waals surface area contributed by atoms with Gasteiger partial charge in [-0.05, 0) is 38.0 Å². The predicted molar refractivity (Wildman–Crippen MR) is 83.0 cm³/mol. The van der Waals surface area contributed by atoms with Crippen LogP contribution in [-0.2, 0) is 14.3 Å². The maximum absolute atomic E-state index is 11.8. The summed E-state index contributed by atoms with van der Waals surface area (Å²) in [7, 11) is 0. The molecule has 0 aliphatic heterocycles. The van der Waals surface area contributed by atoms with Gasteiger partial charge in [0.05, 0.1) is 6.10 Å². The number of carboxylic acid groups (broad SMARTS) is 1. The Morgan fingerprint density at radius 2 is 1.90 bits per heavy atom. The van der Waals surface area contributed by atoms with Crippen molar-refractivity contribution < 1.29 is 19.4 Å². The molecule has 1 rings (SSSR count). The Morgan fingerprint density at radius 3 is 2.43 bits per heavy atom. The van der Waals surface area contributed by atoms with Gasteiger partial charge >= 0.3 is 5.97 Å². The zero-order valence-electron chi connectivity index (χ0n) is 12.1. The summed E-state index contributed by atoms with van der Waals surface area (Å²) in [6.45, 7) is 4.34. The lowest BCUT2D eigenvalue weighted by Gasteiger charge is -2.15. The number of hydrogen-bond acceptors (Lipinski definition) is 3. The molecule has 1 unspecified atom stereocenters. The minimum atomic E-state index is -1.08. The second kappa shape index (κ2) is 8.79. The van der Waals surface area contributed by atoms with Gasteiger partial charge < -0.3 is 15.2 Å². The molecule has 1 amide bonds. The highest BCUT2D eigenvalue weighted by molar-refractivity contribution is 9.10. The van der Waals surface area contributed by atoms with E-state index in [9.17, 15) is 14.7 Å². The second-order valence-electron chi connectivity index (χ2n) is 4.91. The first-order valence-electron chi connectivity index (χ1n) is 6.79. The number of halogens is 1. The Hall–Kier alpha value is -1.40. The van der Waals surface area contributed by atoms with Gasteiger partial charge in [0.15, 0.2) is 6.04 Å². The molecular weight excluding hydrogens is 338 g/mol. The van der Waals surface area contributed by atoms with Gasteiger partial charge in [0.2, 0.25) is 5.91 Å². The molecular formula is C15H20BrNO4. The molecule has 0 aliphatic carbocycles. The Kier molecular flexibility index (Phi) is 7.39. The number of carbonyl (C=O) groups excluding carboxylic acids is 1. The Labute approximate surface area is 132 Å². The number of carbonyl (C=O) groups is 2. The van der Waals surface area contributed by atoms with Crippen molar-refractivity contribution in [2.75, 3.05) is 6.61 Å². The first-order valence-corrected chi connectivity index (χ1v) is 7.58. The van der Waals surface area contributed by atoms with Crippen LogP contribution in [0.1, 0.15) is 38.3 Å². The van der Waals surface area contributed by atoms with Crippen LogP contribution in [0.3, 0.4) is 0 Å². The van der Waals surface area contributed by atoms with E-state index >= 15 is 0 Å². The molecule has 5 nitrogen and oxygen atoms in total. The number of aliphatic carboxylic acids is 1. The molecule has 0 aliphatic rings. The van der Waals surface area contributed by atoms with Crippen LogP contribution in [0.15, 0.2) is 28.7 Å². The van der Waals surface area contributed by atoms with Crippen molar-refractivity contribution >= 4 is 27.8 Å². The minimum absolute atomic E-state index is 0.127. The smallest absolute Gasteiger partial charge is 0.330 e. The largest absolute Gasteiger partial charge is 0.479 e. The zero-order valence-corrected chi connectivity index (χ0v) is 13.7. The summed E-state index contributed by atoms with van der Waals surface area (Å²) in [6, 6.07) is 5.80. The quantitative estimate of drug-likeness (QED) is 0.701. The topological polar surface area (TPSA) is 75.6 Å². The van der Waals surface area contributed by atoms with Gasteiger partial charge in [-0.3, -0.25) is 4.79 Å². The average molecular weight is 358 g/mol. The molecule has 0 aromatic heterocycles. The van der Waals surface area contributed by atoms with Crippen LogP contribution in [0, 0.1) is 0 Å². The molecule has 0 bridgehead atoms. The summed E-state index contributed by atoms with van der Waals surface area (Å²) in [5.41, 5.74) is 0.539. The molecule has 1 aromatic carbocycles. The van der Waals surface area contributed by atoms with Crippen LogP contribution in [0.5, 0.6) is 0 Å². The molecule has 0 spiro atoms. The third-order valence-electron chi connectivity index (χ3n) is 2.75. The molecule has 1 atom stereocenters. The highest BCUT2D eigenvalue weighted by Crippen LogP contribution is 2.17. The number of carboxylic acids is 1. The summed E-state index contributed by atoms with van der Waals surface area (Å²) in [5.74, 6) is -1.37. The maximum atomic E-state index is 11.8. The molecule has 0 saturated carbocycles. The van der Waals surface area contributed by atoms with Crippen LogP contribution in [0.25, 0.3) is 0 Å². The Morgan fingerprint density at radius 1 is 1.29 bits per heavy atom. The number of nitrogens with one attached hydrogen (secondary N) is 1. The zero-order chi connectivity index (χ0) is 15.8. The standard InChI is InChI=1S/C15H20BrNO4/c1-10(2)21-9-3-4-13(18)17-14(15(19)20)11-5-7-12(16)8-6-11/h5-8,10,14H,3-4,9H2,1-2H3,(H,17,18)(H,19,20). The molecule has 2 N–H and O–H groups in total. The van der Waals surface area contributed by atoms with E-state index in [-0.39, 0.29) is 18.4 Å². The summed E-state index contributed by atoms with van der Waals surface area (Å²) in [5, 5.41) is 11.8. The van der Waals surface area contributed by atoms with Crippen LogP contribution in [-0.4, -0.2) is 29.7 Å². The van der Waals surface area contributed by atoms with Crippen molar-refractivity contribution in [3.8, 4) is 0 Å². The molecule has 0 fully saturated rings. The van der Waals surface area contributed by atoms with Crippen molar-refractivity contribution in [2.45, 2.75) is 38.8 Å². The molecule has 116 valence electrons. The van der Waals surface area contributed by atoms with Gasteiger partial charge in [0.1, 0.15) is 0 Å². The van der Waals surface area contributed by atoms with Crippen LogP contribution >= 0.6 is 15.9 Å². The summed E-state index contributed by atoms with van der Waals surface area (Å²) < 4.78 is 6.20. The molecule has 21 heavy (non-hydrogen) atoms. The van der Waals surface area contributed by atoms with E-state index in [2.05, 4.69) is 21.2 Å². The number of hydrogen-bond donors (Lipinski definition) is 2. The Bertz CT molecular complexity index is 473. The summed E-state index contributed by atoms with van der Waals surface area (Å²) in [4.78, 5) is 23.1. The van der Waals surface area contributed by atoms with Crippen LogP contribution in [0.4, 0.5) is 0 Å². The minimum Gasteiger partial charge on any atom is -0.479 e. The number of rotatable bonds is 8. The fraction of sp³-hybridized carbons (Fsp3) is 0.467. The van der Waals surface area contributed by atoms with Crippen LogP contribution in [0.2, 0.25) is 0 Å². The van der Waals surface area contributed by atoms with Crippen molar-refractivity contribution in [1.29, 1.82) is 0 Å². The van der Waals surface area contributed by atoms with E-state index in [1.165, 1.54) is 0 Å². The SMILES string of the molecule is CC(C)OCCCC(=O)NC(C(=O)O)c1ccc(Br)cc1. The van der Waals surface area contributed by atoms with Gasteiger partial charge in [0, 0.05) is 17.5 Å². The predicted octanol–water partition coefficient (Wildman–Crippen LogP) is 2.90. The van der Waals surface area contributed by atoms with E-state index in [1.54, 1.807) is 24.3 Å². The molecule has 0 radical (unpaired) electrons. The van der Waals surface area contributed by atoms with Crippen LogP contribution < -0.4 is 5.32 Å². The number of amides is 1. The van der Waals surface area contributed by atoms with E-state index in [4.69, 9.17) is 4.74 Å². The van der Waals surface area contributed by atoms with Gasteiger partial charge in [-0.25, -0.2) is 4.79 Å². The normalized spacial score (nSPS) is 12.2. The van der Waals surface area contributed by atoms with Crippen molar-refractivity contribution in [3.05, 3.63) is 34.3 Å². The van der Waals surface area contributed by atoms with Crippen molar-refractivity contribution in [2.24, 2.45) is 0 Å². The van der Waals surface area contributed by atoms with E-state index in [0.717, 1.165) is 4.47 Å². The fourth-order valence-electron chi connectivity index (χ4n) is 1.73. The average Bonchev–Trinajstić information content (AvgIpc) is 2.41. The van der Waals surface area contributed by atoms with Gasteiger partial charge in [0.25, 0.3) is 0 Å². The van der Waals surface area contributed by atoms with Crippen molar-refractivity contribution in [3.63, 3.8) is 0 Å².